The number of ether oxygens (including phenoxy) is 1. The van der Waals surface area contributed by atoms with Crippen LogP contribution < -0.4 is 5.73 Å². The number of esters is 1. The third-order valence-corrected chi connectivity index (χ3v) is 2.45. The lowest BCUT2D eigenvalue weighted by atomic mass is 10.4. The summed E-state index contributed by atoms with van der Waals surface area (Å²) in [4.78, 5) is 15.4. The number of nitrogens with two attached hydrogens (primary N) is 1. The molecule has 96 valence electrons. The van der Waals surface area contributed by atoms with Crippen LogP contribution in [0.3, 0.4) is 0 Å². The molecule has 0 aliphatic carbocycles. The van der Waals surface area contributed by atoms with Crippen LogP contribution in [0, 0.1) is 0 Å². The van der Waals surface area contributed by atoms with Crippen LogP contribution in [0.25, 0.3) is 11.5 Å². The number of rotatable bonds is 2. The summed E-state index contributed by atoms with van der Waals surface area (Å²) in [5.74, 6) is -0.169. The van der Waals surface area contributed by atoms with Crippen LogP contribution >= 0.6 is 0 Å². The summed E-state index contributed by atoms with van der Waals surface area (Å²) in [7, 11) is 1.25. The van der Waals surface area contributed by atoms with Crippen molar-refractivity contribution in [1.82, 2.24) is 34.8 Å². The Balaban J connectivity index is 2.17. The van der Waals surface area contributed by atoms with Crippen LogP contribution in [0.1, 0.15) is 10.5 Å². The van der Waals surface area contributed by atoms with E-state index in [4.69, 9.17) is 5.73 Å². The Morgan fingerprint density at radius 1 is 1.42 bits per heavy atom. The molecule has 2 N–H and O–H groups in total. The molecule has 3 rings (SSSR count). The van der Waals surface area contributed by atoms with Crippen molar-refractivity contribution < 1.29 is 9.53 Å². The van der Waals surface area contributed by atoms with Crippen LogP contribution in [0.15, 0.2) is 18.6 Å². The smallest absolute Gasteiger partial charge is 0.360 e. The average Bonchev–Trinajstić information content (AvgIpc) is 3.03. The summed E-state index contributed by atoms with van der Waals surface area (Å²) in [6.45, 7) is 0. The van der Waals surface area contributed by atoms with Crippen molar-refractivity contribution in [1.29, 1.82) is 0 Å². The highest BCUT2D eigenvalue weighted by atomic mass is 16.5. The maximum atomic E-state index is 11.5. The number of carbonyl (C=O) groups is 1. The number of fused-ring (bicyclic) bond motifs is 1. The number of anilines is 1. The first kappa shape index (κ1) is 11.1. The molecule has 0 fully saturated rings. The first-order valence-electron chi connectivity index (χ1n) is 5.16. The zero-order valence-electron chi connectivity index (χ0n) is 9.76. The Bertz CT molecular complexity index is 761. The summed E-state index contributed by atoms with van der Waals surface area (Å²) in [6.07, 6.45) is 4.46. The van der Waals surface area contributed by atoms with E-state index in [1.54, 1.807) is 0 Å². The topological polar surface area (TPSA) is 126 Å². The third-order valence-electron chi connectivity index (χ3n) is 2.45. The first-order chi connectivity index (χ1) is 9.20. The molecule has 0 amide bonds. The minimum absolute atomic E-state index is 0.0209. The molecule has 3 heterocycles. The monoisotopic (exact) mass is 260 g/mol. The predicted molar refractivity (Wildman–Crippen MR) is 61.5 cm³/mol. The van der Waals surface area contributed by atoms with Crippen LogP contribution in [0.2, 0.25) is 0 Å². The van der Waals surface area contributed by atoms with Gasteiger partial charge in [-0.15, -0.1) is 5.10 Å². The largest absolute Gasteiger partial charge is 0.464 e. The van der Waals surface area contributed by atoms with E-state index in [0.717, 1.165) is 0 Å². The van der Waals surface area contributed by atoms with E-state index in [0.29, 0.717) is 11.5 Å². The first-order valence-corrected chi connectivity index (χ1v) is 5.16. The quantitative estimate of drug-likeness (QED) is 0.586. The molecule has 10 nitrogen and oxygen atoms in total. The average molecular weight is 260 g/mol. The van der Waals surface area contributed by atoms with Gasteiger partial charge >= 0.3 is 5.97 Å². The molecule has 3 aromatic rings. The van der Waals surface area contributed by atoms with Crippen molar-refractivity contribution in [3.63, 3.8) is 0 Å². The molecule has 0 aliphatic heterocycles. The third kappa shape index (κ3) is 1.66. The summed E-state index contributed by atoms with van der Waals surface area (Å²) in [6, 6.07) is 0. The molecule has 0 unspecified atom stereocenters. The van der Waals surface area contributed by atoms with Crippen LogP contribution in [0.4, 0.5) is 5.69 Å². The molecule has 19 heavy (non-hydrogen) atoms. The lowest BCUT2D eigenvalue weighted by Gasteiger charge is -2.01. The number of methoxy groups -OCH3 is 1. The van der Waals surface area contributed by atoms with Gasteiger partial charge in [-0.05, 0) is 10.4 Å². The minimum Gasteiger partial charge on any atom is -0.464 e. The normalized spacial score (nSPS) is 10.8. The Morgan fingerprint density at radius 3 is 3.05 bits per heavy atom. The van der Waals surface area contributed by atoms with E-state index in [1.807, 2.05) is 0 Å². The fraction of sp³-hybridized carbons (Fsp3) is 0.111. The van der Waals surface area contributed by atoms with Gasteiger partial charge in [-0.2, -0.15) is 9.61 Å². The van der Waals surface area contributed by atoms with Crippen molar-refractivity contribution in [2.45, 2.75) is 0 Å². The van der Waals surface area contributed by atoms with Gasteiger partial charge in [0.05, 0.1) is 31.4 Å². The fourth-order valence-electron chi connectivity index (χ4n) is 1.58. The fourth-order valence-corrected chi connectivity index (χ4v) is 1.58. The maximum absolute atomic E-state index is 11.5. The van der Waals surface area contributed by atoms with Gasteiger partial charge < -0.3 is 10.5 Å². The molecule has 3 aromatic heterocycles. The number of tetrazole rings is 1. The summed E-state index contributed by atoms with van der Waals surface area (Å²) < 4.78 is 7.36. The number of nitrogen functional groups attached to an aromatic ring is 1. The van der Waals surface area contributed by atoms with Gasteiger partial charge in [0.15, 0.2) is 17.2 Å². The maximum Gasteiger partial charge on any atom is 0.360 e. The molecular weight excluding hydrogens is 252 g/mol. The Labute approximate surface area is 105 Å². The highest BCUT2D eigenvalue weighted by molar-refractivity contribution is 5.92. The van der Waals surface area contributed by atoms with Gasteiger partial charge in [0.25, 0.3) is 0 Å². The highest BCUT2D eigenvalue weighted by Crippen LogP contribution is 2.14. The molecule has 0 aliphatic rings. The van der Waals surface area contributed by atoms with E-state index in [2.05, 4.69) is 30.3 Å². The number of carbonyl (C=O) groups excluding carboxylic acids is 1. The second kappa shape index (κ2) is 4.01. The van der Waals surface area contributed by atoms with Crippen molar-refractivity contribution in [2.24, 2.45) is 0 Å². The standard InChI is InChI=1S/C9H8N8O2/c1-19-9(18)8-5(10)4-16(13-8)7-3-11-2-6-12-14-15-17(6)7/h2-4H,10H2,1H3. The van der Waals surface area contributed by atoms with E-state index in [1.165, 1.54) is 34.9 Å². The molecule has 0 saturated carbocycles. The minimum atomic E-state index is -0.618. The predicted octanol–water partition coefficient (Wildman–Crippen LogP) is -0.926. The van der Waals surface area contributed by atoms with Crippen molar-refractivity contribution in [2.75, 3.05) is 12.8 Å². The molecular formula is C9H8N8O2. The second-order valence-corrected chi connectivity index (χ2v) is 3.58. The zero-order chi connectivity index (χ0) is 13.4. The Morgan fingerprint density at radius 2 is 2.26 bits per heavy atom. The van der Waals surface area contributed by atoms with Gasteiger partial charge in [-0.25, -0.2) is 9.48 Å². The van der Waals surface area contributed by atoms with Crippen molar-refractivity contribution in [3.05, 3.63) is 24.3 Å². The molecule has 0 radical (unpaired) electrons. The van der Waals surface area contributed by atoms with E-state index in [-0.39, 0.29) is 11.4 Å². The van der Waals surface area contributed by atoms with Crippen LogP contribution in [0.5, 0.6) is 0 Å². The van der Waals surface area contributed by atoms with Gasteiger partial charge in [0.1, 0.15) is 0 Å². The summed E-state index contributed by atoms with van der Waals surface area (Å²) in [5, 5.41) is 15.1. The second-order valence-electron chi connectivity index (χ2n) is 3.58. The number of hydrogen-bond acceptors (Lipinski definition) is 8. The molecule has 10 heteroatoms. The van der Waals surface area contributed by atoms with Gasteiger partial charge in [0, 0.05) is 0 Å². The SMILES string of the molecule is COC(=O)c1nn(-c2cncc3nnnn23)cc1N. The Hall–Kier alpha value is -3.04. The molecule has 0 saturated heterocycles. The Kier molecular flexibility index (Phi) is 2.34. The van der Waals surface area contributed by atoms with Gasteiger partial charge in [-0.3, -0.25) is 4.98 Å². The van der Waals surface area contributed by atoms with Crippen LogP contribution in [-0.4, -0.2) is 47.9 Å². The lowest BCUT2D eigenvalue weighted by molar-refractivity contribution is 0.0594. The van der Waals surface area contributed by atoms with Crippen LogP contribution in [-0.2, 0) is 4.74 Å². The van der Waals surface area contributed by atoms with Crippen molar-refractivity contribution in [3.8, 4) is 5.82 Å². The molecule has 0 bridgehead atoms. The highest BCUT2D eigenvalue weighted by Gasteiger charge is 2.17. The van der Waals surface area contributed by atoms with Crippen molar-refractivity contribution >= 4 is 17.3 Å². The zero-order valence-corrected chi connectivity index (χ0v) is 9.76. The van der Waals surface area contributed by atoms with Gasteiger partial charge in [0.2, 0.25) is 0 Å². The lowest BCUT2D eigenvalue weighted by Crippen LogP contribution is -2.08. The molecule has 0 atom stereocenters. The van der Waals surface area contributed by atoms with E-state index in [9.17, 15) is 4.79 Å². The number of nitrogens with zero attached hydrogens (tertiary/aromatic N) is 7. The number of aromatic nitrogens is 7. The summed E-state index contributed by atoms with van der Waals surface area (Å²) in [5.41, 5.74) is 6.37. The van der Waals surface area contributed by atoms with E-state index < -0.39 is 5.97 Å². The van der Waals surface area contributed by atoms with E-state index >= 15 is 0 Å². The number of hydrogen-bond donors (Lipinski definition) is 1. The molecule has 0 aromatic carbocycles. The van der Waals surface area contributed by atoms with Gasteiger partial charge in [-0.1, -0.05) is 0 Å². The summed E-state index contributed by atoms with van der Waals surface area (Å²) >= 11 is 0. The molecule has 0 spiro atoms.